The van der Waals surface area contributed by atoms with E-state index in [2.05, 4.69) is 22.9 Å². The third kappa shape index (κ3) is 11.6. The van der Waals surface area contributed by atoms with Crippen LogP contribution in [0.15, 0.2) is 22.7 Å². The van der Waals surface area contributed by atoms with Crippen LogP contribution in [0.1, 0.15) is 90.9 Å². The number of halogens is 2. The van der Waals surface area contributed by atoms with Crippen molar-refractivity contribution in [1.29, 1.82) is 0 Å². The van der Waals surface area contributed by atoms with Crippen molar-refractivity contribution in [3.63, 3.8) is 0 Å². The first-order valence-corrected chi connectivity index (χ1v) is 13.4. The van der Waals surface area contributed by atoms with Gasteiger partial charge in [-0.05, 0) is 47.0 Å². The van der Waals surface area contributed by atoms with E-state index in [0.29, 0.717) is 23.0 Å². The molecule has 6 heteroatoms. The van der Waals surface area contributed by atoms with Crippen molar-refractivity contribution in [2.24, 2.45) is 0 Å². The number of hydrogen-bond donors (Lipinski definition) is 0. The van der Waals surface area contributed by atoms with Crippen LogP contribution >= 0.6 is 23.5 Å². The Bertz CT molecular complexity index is 583. The Morgan fingerprint density at radius 1 is 0.893 bits per heavy atom. The predicted molar refractivity (Wildman–Crippen MR) is 120 cm³/mol. The number of benzene rings is 1. The molecule has 0 heterocycles. The fourth-order valence-corrected chi connectivity index (χ4v) is 5.38. The molecule has 0 saturated heterocycles. The zero-order valence-corrected chi connectivity index (χ0v) is 20.0. The molecule has 0 aromatic heterocycles. The van der Waals surface area contributed by atoms with Gasteiger partial charge in [0.15, 0.2) is 0 Å². The molecule has 28 heavy (non-hydrogen) atoms. The monoisotopic (exact) mass is 478 g/mol. The van der Waals surface area contributed by atoms with E-state index >= 15 is 0 Å². The Morgan fingerprint density at radius 2 is 1.46 bits per heavy atom. The third-order valence-corrected chi connectivity index (χ3v) is 7.24. The van der Waals surface area contributed by atoms with Crippen LogP contribution in [0.2, 0.25) is 0 Å². The Labute approximate surface area is 179 Å². The van der Waals surface area contributed by atoms with Gasteiger partial charge in [-0.1, -0.05) is 78.1 Å². The summed E-state index contributed by atoms with van der Waals surface area (Å²) in [7, 11) is -3.23. The quantitative estimate of drug-likeness (QED) is 0.165. The van der Waals surface area contributed by atoms with E-state index in [1.54, 1.807) is 0 Å². The smallest absolute Gasteiger partial charge is 0.379 e. The predicted octanol–water partition coefficient (Wildman–Crippen LogP) is 8.90. The summed E-state index contributed by atoms with van der Waals surface area (Å²) in [4.78, 5) is 0. The van der Waals surface area contributed by atoms with Crippen LogP contribution in [0.5, 0.6) is 5.75 Å². The molecule has 0 saturated carbocycles. The first-order chi connectivity index (χ1) is 13.5. The number of rotatable bonds is 17. The normalized spacial score (nSPS) is 13.4. The second-order valence-corrected chi connectivity index (χ2v) is 10.3. The first-order valence-electron chi connectivity index (χ1n) is 10.9. The van der Waals surface area contributed by atoms with Crippen LogP contribution in [-0.2, 0) is 9.09 Å². The van der Waals surface area contributed by atoms with Gasteiger partial charge in [0.1, 0.15) is 11.6 Å². The summed E-state index contributed by atoms with van der Waals surface area (Å²) in [5.74, 6) is -0.00203. The molecular formula is C22H37BrFO3P. The summed E-state index contributed by atoms with van der Waals surface area (Å²) in [6, 6.07) is 4.09. The molecule has 1 atom stereocenters. The van der Waals surface area contributed by atoms with Gasteiger partial charge in [-0.3, -0.25) is 4.52 Å². The van der Waals surface area contributed by atoms with E-state index in [9.17, 15) is 8.96 Å². The fourth-order valence-electron chi connectivity index (χ4n) is 2.98. The summed E-state index contributed by atoms with van der Waals surface area (Å²) >= 11 is 3.26. The van der Waals surface area contributed by atoms with E-state index < -0.39 is 7.60 Å². The molecule has 0 N–H and O–H groups in total. The van der Waals surface area contributed by atoms with Gasteiger partial charge in [-0.25, -0.2) is 8.96 Å². The van der Waals surface area contributed by atoms with Crippen molar-refractivity contribution in [2.75, 3.05) is 12.8 Å². The molecule has 0 amide bonds. The lowest BCUT2D eigenvalue weighted by Gasteiger charge is -2.20. The summed E-state index contributed by atoms with van der Waals surface area (Å²) in [6.07, 6.45) is 14.5. The maximum absolute atomic E-state index is 13.3. The van der Waals surface area contributed by atoms with Gasteiger partial charge >= 0.3 is 7.60 Å². The van der Waals surface area contributed by atoms with Crippen molar-refractivity contribution in [3.8, 4) is 5.75 Å². The molecule has 162 valence electrons. The van der Waals surface area contributed by atoms with Crippen LogP contribution in [0.3, 0.4) is 0 Å². The average Bonchev–Trinajstić information content (AvgIpc) is 2.67. The SMILES string of the molecule is CCCCCCCCCCCCOP(=O)(CCCC)Oc1ccc(F)cc1Br. The largest absolute Gasteiger partial charge is 0.423 e. The van der Waals surface area contributed by atoms with Crippen LogP contribution in [0.25, 0.3) is 0 Å². The maximum atomic E-state index is 13.3. The summed E-state index contributed by atoms with van der Waals surface area (Å²) in [5, 5.41) is 0. The molecule has 3 nitrogen and oxygen atoms in total. The lowest BCUT2D eigenvalue weighted by molar-refractivity contribution is 0.256. The minimum absolute atomic E-state index is 0.365. The second-order valence-electron chi connectivity index (χ2n) is 7.37. The fraction of sp³-hybridized carbons (Fsp3) is 0.727. The van der Waals surface area contributed by atoms with Crippen molar-refractivity contribution in [3.05, 3.63) is 28.5 Å². The highest BCUT2D eigenvalue weighted by molar-refractivity contribution is 9.10. The molecule has 0 fully saturated rings. The zero-order chi connectivity index (χ0) is 20.7. The summed E-state index contributed by atoms with van der Waals surface area (Å²) < 4.78 is 38.2. The lowest BCUT2D eigenvalue weighted by atomic mass is 10.1. The summed E-state index contributed by atoms with van der Waals surface area (Å²) in [6.45, 7) is 4.73. The van der Waals surface area contributed by atoms with Crippen molar-refractivity contribution >= 4 is 23.5 Å². The highest BCUT2D eigenvalue weighted by Gasteiger charge is 2.26. The molecule has 0 aliphatic heterocycles. The molecule has 0 aliphatic carbocycles. The number of unbranched alkanes of at least 4 members (excludes halogenated alkanes) is 10. The van der Waals surface area contributed by atoms with Crippen LogP contribution in [0.4, 0.5) is 4.39 Å². The number of hydrogen-bond acceptors (Lipinski definition) is 3. The van der Waals surface area contributed by atoms with Gasteiger partial charge in [0.05, 0.1) is 17.2 Å². The average molecular weight is 479 g/mol. The van der Waals surface area contributed by atoms with Crippen molar-refractivity contribution in [1.82, 2.24) is 0 Å². The molecule has 1 unspecified atom stereocenters. The van der Waals surface area contributed by atoms with Crippen LogP contribution < -0.4 is 4.52 Å². The van der Waals surface area contributed by atoms with Gasteiger partial charge in [-0.2, -0.15) is 0 Å². The molecule has 1 rings (SSSR count). The van der Waals surface area contributed by atoms with Gasteiger partial charge in [0.2, 0.25) is 0 Å². The van der Waals surface area contributed by atoms with Crippen LogP contribution in [-0.4, -0.2) is 12.8 Å². The van der Waals surface area contributed by atoms with Gasteiger partial charge in [0.25, 0.3) is 0 Å². The summed E-state index contributed by atoms with van der Waals surface area (Å²) in [5.41, 5.74) is 0. The minimum Gasteiger partial charge on any atom is -0.423 e. The Hall–Kier alpha value is -0.380. The van der Waals surface area contributed by atoms with Gasteiger partial charge in [-0.15, -0.1) is 0 Å². The minimum atomic E-state index is -3.23. The van der Waals surface area contributed by atoms with Gasteiger partial charge in [0, 0.05) is 0 Å². The molecule has 0 bridgehead atoms. The van der Waals surface area contributed by atoms with E-state index in [4.69, 9.17) is 9.05 Å². The molecule has 1 aromatic carbocycles. The van der Waals surface area contributed by atoms with Gasteiger partial charge < -0.3 is 4.52 Å². The highest BCUT2D eigenvalue weighted by atomic mass is 79.9. The Balaban J connectivity index is 2.30. The van der Waals surface area contributed by atoms with Crippen LogP contribution in [0, 0.1) is 5.82 Å². The van der Waals surface area contributed by atoms with E-state index in [1.807, 2.05) is 6.92 Å². The zero-order valence-electron chi connectivity index (χ0n) is 17.6. The molecule has 1 aromatic rings. The first kappa shape index (κ1) is 25.7. The Kier molecular flexibility index (Phi) is 14.2. The van der Waals surface area contributed by atoms with Crippen molar-refractivity contribution < 1.29 is 18.0 Å². The topological polar surface area (TPSA) is 35.5 Å². The highest BCUT2D eigenvalue weighted by Crippen LogP contribution is 2.50. The van der Waals surface area contributed by atoms with Crippen molar-refractivity contribution in [2.45, 2.75) is 90.9 Å². The standard InChI is InChI=1S/C22H37BrFO3P/c1-3-5-7-8-9-10-11-12-13-14-17-26-28(25,18-6-4-2)27-22-16-15-20(24)19-21(22)23/h15-16,19H,3-14,17-18H2,1-2H3. The maximum Gasteiger partial charge on any atom is 0.379 e. The molecule has 0 spiro atoms. The molecule has 0 radical (unpaired) electrons. The third-order valence-electron chi connectivity index (χ3n) is 4.70. The molecule has 0 aliphatic rings. The van der Waals surface area contributed by atoms with E-state index in [-0.39, 0.29) is 5.82 Å². The van der Waals surface area contributed by atoms with E-state index in [0.717, 1.165) is 25.7 Å². The second kappa shape index (κ2) is 15.5. The lowest BCUT2D eigenvalue weighted by Crippen LogP contribution is -2.04. The Morgan fingerprint density at radius 3 is 2.04 bits per heavy atom. The molecular weight excluding hydrogens is 442 g/mol. The van der Waals surface area contributed by atoms with E-state index in [1.165, 1.54) is 69.6 Å².